The lowest BCUT2D eigenvalue weighted by atomic mass is 9.72. The van der Waals surface area contributed by atoms with Gasteiger partial charge in [-0.1, -0.05) is 51.1 Å². The second-order valence-corrected chi connectivity index (χ2v) is 7.63. The van der Waals surface area contributed by atoms with Crippen LogP contribution in [0.5, 0.6) is 0 Å². The molecule has 0 aromatic heterocycles. The van der Waals surface area contributed by atoms with E-state index in [4.69, 9.17) is 0 Å². The molecule has 20 heavy (non-hydrogen) atoms. The molecule has 1 aromatic carbocycles. The number of nitrogens with zero attached hydrogens (tertiary/aromatic N) is 1. The fourth-order valence-corrected chi connectivity index (χ4v) is 3.62. The molecule has 0 unspecified atom stereocenters. The van der Waals surface area contributed by atoms with E-state index in [2.05, 4.69) is 68.4 Å². The Morgan fingerprint density at radius 2 is 1.70 bits per heavy atom. The fourth-order valence-electron chi connectivity index (χ4n) is 3.62. The van der Waals surface area contributed by atoms with Gasteiger partial charge in [0.05, 0.1) is 0 Å². The van der Waals surface area contributed by atoms with Gasteiger partial charge in [-0.2, -0.15) is 0 Å². The van der Waals surface area contributed by atoms with Gasteiger partial charge in [0.2, 0.25) is 0 Å². The molecule has 2 nitrogen and oxygen atoms in total. The first-order chi connectivity index (χ1) is 9.41. The van der Waals surface area contributed by atoms with E-state index in [1.54, 1.807) is 0 Å². The SMILES string of the molecule is CN(CC(C)(C)C)CC1(c2ccccc2)CCNCC1. The van der Waals surface area contributed by atoms with Crippen molar-refractivity contribution in [3.63, 3.8) is 0 Å². The van der Waals surface area contributed by atoms with Crippen molar-refractivity contribution in [1.29, 1.82) is 0 Å². The van der Waals surface area contributed by atoms with Gasteiger partial charge in [0.1, 0.15) is 0 Å². The third-order valence-electron chi connectivity index (χ3n) is 4.26. The summed E-state index contributed by atoms with van der Waals surface area (Å²) >= 11 is 0. The molecule has 1 aromatic rings. The summed E-state index contributed by atoms with van der Waals surface area (Å²) in [6.07, 6.45) is 2.48. The molecule has 1 saturated heterocycles. The molecule has 0 bridgehead atoms. The summed E-state index contributed by atoms with van der Waals surface area (Å²) in [7, 11) is 2.28. The van der Waals surface area contributed by atoms with Crippen LogP contribution in [0.4, 0.5) is 0 Å². The minimum atomic E-state index is 0.326. The maximum absolute atomic E-state index is 3.51. The zero-order valence-corrected chi connectivity index (χ0v) is 13.6. The van der Waals surface area contributed by atoms with Crippen molar-refractivity contribution in [3.05, 3.63) is 35.9 Å². The Labute approximate surface area is 124 Å². The predicted molar refractivity (Wildman–Crippen MR) is 87.2 cm³/mol. The molecular weight excluding hydrogens is 244 g/mol. The number of benzene rings is 1. The number of rotatable bonds is 4. The Balaban J connectivity index is 2.16. The molecule has 0 amide bonds. The third kappa shape index (κ3) is 4.07. The molecule has 2 heteroatoms. The number of likely N-dealkylation sites (N-methyl/N-ethyl adjacent to an activating group) is 1. The van der Waals surface area contributed by atoms with Gasteiger partial charge < -0.3 is 10.2 Å². The van der Waals surface area contributed by atoms with Crippen LogP contribution in [0.15, 0.2) is 30.3 Å². The topological polar surface area (TPSA) is 15.3 Å². The zero-order valence-electron chi connectivity index (χ0n) is 13.6. The number of hydrogen-bond acceptors (Lipinski definition) is 2. The van der Waals surface area contributed by atoms with Crippen LogP contribution in [-0.2, 0) is 5.41 Å². The third-order valence-corrected chi connectivity index (χ3v) is 4.26. The van der Waals surface area contributed by atoms with Crippen LogP contribution in [0.2, 0.25) is 0 Å². The number of piperidine rings is 1. The second kappa shape index (κ2) is 6.28. The molecule has 0 atom stereocenters. The van der Waals surface area contributed by atoms with Gasteiger partial charge in [-0.3, -0.25) is 0 Å². The first-order valence-electron chi connectivity index (χ1n) is 7.86. The molecule has 1 heterocycles. The highest BCUT2D eigenvalue weighted by molar-refractivity contribution is 5.27. The summed E-state index contributed by atoms with van der Waals surface area (Å²) in [5.41, 5.74) is 2.20. The average Bonchev–Trinajstić information content (AvgIpc) is 2.38. The minimum Gasteiger partial charge on any atom is -0.317 e. The largest absolute Gasteiger partial charge is 0.317 e. The van der Waals surface area contributed by atoms with E-state index in [1.165, 1.54) is 18.4 Å². The van der Waals surface area contributed by atoms with Gasteiger partial charge in [0.25, 0.3) is 0 Å². The van der Waals surface area contributed by atoms with E-state index in [-0.39, 0.29) is 0 Å². The van der Waals surface area contributed by atoms with E-state index in [9.17, 15) is 0 Å². The van der Waals surface area contributed by atoms with E-state index >= 15 is 0 Å². The summed E-state index contributed by atoms with van der Waals surface area (Å²) < 4.78 is 0. The predicted octanol–water partition coefficient (Wildman–Crippen LogP) is 3.29. The van der Waals surface area contributed by atoms with Crippen LogP contribution in [0.25, 0.3) is 0 Å². The number of nitrogens with one attached hydrogen (secondary N) is 1. The maximum atomic E-state index is 3.51. The van der Waals surface area contributed by atoms with Crippen molar-refractivity contribution in [2.45, 2.75) is 39.0 Å². The Morgan fingerprint density at radius 3 is 2.25 bits per heavy atom. The molecule has 0 saturated carbocycles. The van der Waals surface area contributed by atoms with Gasteiger partial charge in [0, 0.05) is 18.5 Å². The molecule has 1 aliphatic heterocycles. The second-order valence-electron chi connectivity index (χ2n) is 7.63. The molecular formula is C18H30N2. The van der Waals surface area contributed by atoms with E-state index in [1.807, 2.05) is 0 Å². The van der Waals surface area contributed by atoms with Crippen molar-refractivity contribution in [2.75, 3.05) is 33.2 Å². The van der Waals surface area contributed by atoms with Crippen molar-refractivity contribution < 1.29 is 0 Å². The Bertz CT molecular complexity index is 399. The lowest BCUT2D eigenvalue weighted by molar-refractivity contribution is 0.159. The number of hydrogen-bond donors (Lipinski definition) is 1. The first kappa shape index (κ1) is 15.5. The van der Waals surface area contributed by atoms with Gasteiger partial charge in [-0.05, 0) is 44.0 Å². The van der Waals surface area contributed by atoms with E-state index < -0.39 is 0 Å². The highest BCUT2D eigenvalue weighted by Gasteiger charge is 2.35. The Morgan fingerprint density at radius 1 is 1.10 bits per heavy atom. The molecule has 1 N–H and O–H groups in total. The summed E-state index contributed by atoms with van der Waals surface area (Å²) in [5.74, 6) is 0. The van der Waals surface area contributed by atoms with Gasteiger partial charge in [0.15, 0.2) is 0 Å². The highest BCUT2D eigenvalue weighted by Crippen LogP contribution is 2.34. The summed E-state index contributed by atoms with van der Waals surface area (Å²) in [6, 6.07) is 11.1. The molecule has 0 spiro atoms. The van der Waals surface area contributed by atoms with Crippen molar-refractivity contribution in [2.24, 2.45) is 5.41 Å². The van der Waals surface area contributed by atoms with Crippen molar-refractivity contribution in [1.82, 2.24) is 10.2 Å². The summed E-state index contributed by atoms with van der Waals surface area (Å²) in [5, 5.41) is 3.51. The lowest BCUT2D eigenvalue weighted by Gasteiger charge is -2.42. The van der Waals surface area contributed by atoms with E-state index in [0.717, 1.165) is 26.2 Å². The van der Waals surface area contributed by atoms with Crippen LogP contribution in [-0.4, -0.2) is 38.1 Å². The van der Waals surface area contributed by atoms with Crippen LogP contribution in [0.1, 0.15) is 39.2 Å². The monoisotopic (exact) mass is 274 g/mol. The zero-order chi connectivity index (χ0) is 14.6. The van der Waals surface area contributed by atoms with Crippen molar-refractivity contribution in [3.8, 4) is 0 Å². The molecule has 1 fully saturated rings. The molecule has 0 radical (unpaired) electrons. The average molecular weight is 274 g/mol. The van der Waals surface area contributed by atoms with Crippen LogP contribution in [0.3, 0.4) is 0 Å². The van der Waals surface area contributed by atoms with Crippen LogP contribution >= 0.6 is 0 Å². The summed E-state index contributed by atoms with van der Waals surface area (Å²) in [4.78, 5) is 2.53. The van der Waals surface area contributed by atoms with Crippen LogP contribution < -0.4 is 5.32 Å². The molecule has 2 rings (SSSR count). The highest BCUT2D eigenvalue weighted by atomic mass is 15.1. The van der Waals surface area contributed by atoms with Gasteiger partial charge in [-0.15, -0.1) is 0 Å². The first-order valence-corrected chi connectivity index (χ1v) is 7.86. The minimum absolute atomic E-state index is 0.326. The van der Waals surface area contributed by atoms with Crippen molar-refractivity contribution >= 4 is 0 Å². The van der Waals surface area contributed by atoms with Gasteiger partial charge in [-0.25, -0.2) is 0 Å². The Kier molecular flexibility index (Phi) is 4.87. The normalized spacial score (nSPS) is 19.2. The molecule has 1 aliphatic rings. The maximum Gasteiger partial charge on any atom is 0.0104 e. The summed E-state index contributed by atoms with van der Waals surface area (Å²) in [6.45, 7) is 11.5. The molecule has 112 valence electrons. The standard InChI is InChI=1S/C18H30N2/c1-17(2,3)14-20(4)15-18(10-12-19-13-11-18)16-8-6-5-7-9-16/h5-9,19H,10-15H2,1-4H3. The van der Waals surface area contributed by atoms with Gasteiger partial charge >= 0.3 is 0 Å². The quantitative estimate of drug-likeness (QED) is 0.906. The lowest BCUT2D eigenvalue weighted by Crippen LogP contribution is -2.48. The molecule has 0 aliphatic carbocycles. The smallest absolute Gasteiger partial charge is 0.0104 e. The van der Waals surface area contributed by atoms with Crippen LogP contribution in [0, 0.1) is 5.41 Å². The Hall–Kier alpha value is -0.860. The fraction of sp³-hybridized carbons (Fsp3) is 0.667. The van der Waals surface area contributed by atoms with E-state index in [0.29, 0.717) is 10.8 Å².